The molecule has 122 valence electrons. The van der Waals surface area contributed by atoms with Crippen molar-refractivity contribution < 1.29 is 27.4 Å². The molecule has 0 atom stereocenters. The van der Waals surface area contributed by atoms with Crippen molar-refractivity contribution in [3.05, 3.63) is 48.0 Å². The van der Waals surface area contributed by atoms with E-state index in [1.54, 1.807) is 18.2 Å². The molecule has 1 aromatic heterocycles. The van der Waals surface area contributed by atoms with Crippen LogP contribution in [0.1, 0.15) is 5.56 Å². The average Bonchev–Trinajstić information content (AvgIpc) is 2.53. The number of pyridine rings is 1. The van der Waals surface area contributed by atoms with Gasteiger partial charge < -0.3 is 9.47 Å². The van der Waals surface area contributed by atoms with Crippen molar-refractivity contribution in [3.8, 4) is 11.6 Å². The number of halogens is 3. The fourth-order valence-corrected chi connectivity index (χ4v) is 1.68. The van der Waals surface area contributed by atoms with Crippen LogP contribution in [0, 0.1) is 0 Å². The number of alkyl halides is 3. The van der Waals surface area contributed by atoms with Crippen LogP contribution < -0.4 is 14.4 Å². The van der Waals surface area contributed by atoms with Gasteiger partial charge >= 0.3 is 12.3 Å². The average molecular weight is 326 g/mol. The van der Waals surface area contributed by atoms with Gasteiger partial charge in [-0.1, -0.05) is 6.07 Å². The number of hydrogen-bond acceptors (Lipinski definition) is 4. The number of carbonyl (C=O) groups excluding carboxylic acids is 1. The van der Waals surface area contributed by atoms with Crippen molar-refractivity contribution in [3.63, 3.8) is 0 Å². The number of hydrogen-bond donors (Lipinski definition) is 0. The smallest absolute Gasteiger partial charge is 0.420 e. The molecule has 1 aromatic carbocycles. The van der Waals surface area contributed by atoms with E-state index in [9.17, 15) is 18.0 Å². The van der Waals surface area contributed by atoms with Crippen LogP contribution in [0.25, 0.3) is 0 Å². The largest absolute Gasteiger partial charge is 0.481 e. The summed E-state index contributed by atoms with van der Waals surface area (Å²) in [5.74, 6) is 0.593. The van der Waals surface area contributed by atoms with Gasteiger partial charge in [-0.3, -0.25) is 4.90 Å². The molecule has 0 radical (unpaired) electrons. The summed E-state index contributed by atoms with van der Waals surface area (Å²) in [6, 6.07) is 8.65. The number of aromatic nitrogens is 1. The summed E-state index contributed by atoms with van der Waals surface area (Å²) in [5, 5.41) is 0. The van der Waals surface area contributed by atoms with Crippen LogP contribution in [0.3, 0.4) is 0 Å². The summed E-state index contributed by atoms with van der Waals surface area (Å²) in [6.07, 6.45) is -5.23. The Bertz CT molecular complexity index is 687. The minimum atomic E-state index is -4.44. The van der Waals surface area contributed by atoms with Gasteiger partial charge in [-0.25, -0.2) is 4.79 Å². The van der Waals surface area contributed by atoms with E-state index < -0.39 is 17.8 Å². The second-order valence-electron chi connectivity index (χ2n) is 4.49. The fraction of sp³-hybridized carbons (Fsp3) is 0.200. The number of methoxy groups -OCH3 is 1. The molecule has 0 aliphatic carbocycles. The Labute approximate surface area is 130 Å². The molecule has 0 saturated carbocycles. The number of benzene rings is 1. The van der Waals surface area contributed by atoms with E-state index in [1.807, 2.05) is 0 Å². The van der Waals surface area contributed by atoms with Gasteiger partial charge in [0, 0.05) is 13.1 Å². The van der Waals surface area contributed by atoms with Gasteiger partial charge in [-0.05, 0) is 30.3 Å². The fourth-order valence-electron chi connectivity index (χ4n) is 1.68. The molecular formula is C15H13F3N2O3. The van der Waals surface area contributed by atoms with Crippen molar-refractivity contribution in [1.82, 2.24) is 4.98 Å². The van der Waals surface area contributed by atoms with Crippen LogP contribution in [0.4, 0.5) is 23.8 Å². The summed E-state index contributed by atoms with van der Waals surface area (Å²) in [7, 11) is 2.86. The third kappa shape index (κ3) is 4.12. The van der Waals surface area contributed by atoms with E-state index in [4.69, 9.17) is 9.47 Å². The summed E-state index contributed by atoms with van der Waals surface area (Å²) < 4.78 is 47.4. The van der Waals surface area contributed by atoms with Crippen LogP contribution in [-0.2, 0) is 6.18 Å². The Kier molecular flexibility index (Phi) is 4.73. The number of anilines is 1. The first-order valence-corrected chi connectivity index (χ1v) is 6.45. The Morgan fingerprint density at radius 3 is 2.35 bits per heavy atom. The molecule has 0 saturated heterocycles. The van der Waals surface area contributed by atoms with Gasteiger partial charge in [0.1, 0.15) is 11.6 Å². The Morgan fingerprint density at radius 1 is 1.13 bits per heavy atom. The molecular weight excluding hydrogens is 313 g/mol. The number of rotatable bonds is 3. The van der Waals surface area contributed by atoms with E-state index in [0.29, 0.717) is 5.88 Å². The second kappa shape index (κ2) is 6.55. The molecule has 2 rings (SSSR count). The minimum Gasteiger partial charge on any atom is -0.481 e. The van der Waals surface area contributed by atoms with Crippen molar-refractivity contribution in [2.24, 2.45) is 0 Å². The van der Waals surface area contributed by atoms with Crippen LogP contribution in [-0.4, -0.2) is 25.2 Å². The zero-order chi connectivity index (χ0) is 17.0. The standard InChI is InChI=1S/C15H13F3N2O3/c1-20(12-4-3-5-13(19-12)22-2)14(21)23-11-8-6-10(7-9-11)15(16,17)18/h3-9H,1-2H3. The molecule has 0 spiro atoms. The van der Waals surface area contributed by atoms with E-state index >= 15 is 0 Å². The molecule has 0 aliphatic rings. The molecule has 2 aromatic rings. The molecule has 0 fully saturated rings. The summed E-state index contributed by atoms with van der Waals surface area (Å²) in [4.78, 5) is 17.2. The Hall–Kier alpha value is -2.77. The third-order valence-electron chi connectivity index (χ3n) is 2.92. The van der Waals surface area contributed by atoms with Gasteiger partial charge in [-0.2, -0.15) is 18.2 Å². The Morgan fingerprint density at radius 2 is 1.78 bits per heavy atom. The van der Waals surface area contributed by atoms with Gasteiger partial charge in [0.15, 0.2) is 0 Å². The van der Waals surface area contributed by atoms with Gasteiger partial charge in [0.05, 0.1) is 12.7 Å². The lowest BCUT2D eigenvalue weighted by Crippen LogP contribution is -2.30. The van der Waals surface area contributed by atoms with Crippen molar-refractivity contribution in [1.29, 1.82) is 0 Å². The highest BCUT2D eigenvalue weighted by Gasteiger charge is 2.30. The molecule has 23 heavy (non-hydrogen) atoms. The first kappa shape index (κ1) is 16.6. The Balaban J connectivity index is 2.09. The summed E-state index contributed by atoms with van der Waals surface area (Å²) >= 11 is 0. The van der Waals surface area contributed by atoms with Crippen LogP contribution >= 0.6 is 0 Å². The highest BCUT2D eigenvalue weighted by molar-refractivity contribution is 5.87. The maximum atomic E-state index is 12.5. The number of carbonyl (C=O) groups is 1. The predicted octanol–water partition coefficient (Wildman–Crippen LogP) is 3.74. The zero-order valence-electron chi connectivity index (χ0n) is 12.3. The first-order valence-electron chi connectivity index (χ1n) is 6.45. The van der Waals surface area contributed by atoms with Crippen molar-refractivity contribution in [2.45, 2.75) is 6.18 Å². The normalized spacial score (nSPS) is 11.0. The summed E-state index contributed by atoms with van der Waals surface area (Å²) in [5.41, 5.74) is -0.819. The lowest BCUT2D eigenvalue weighted by atomic mass is 10.2. The van der Waals surface area contributed by atoms with E-state index in [2.05, 4.69) is 4.98 Å². The summed E-state index contributed by atoms with van der Waals surface area (Å²) in [6.45, 7) is 0. The maximum absolute atomic E-state index is 12.5. The molecule has 1 heterocycles. The topological polar surface area (TPSA) is 51.7 Å². The second-order valence-corrected chi connectivity index (χ2v) is 4.49. The third-order valence-corrected chi connectivity index (χ3v) is 2.92. The quantitative estimate of drug-likeness (QED) is 0.862. The highest BCUT2D eigenvalue weighted by Crippen LogP contribution is 2.30. The van der Waals surface area contributed by atoms with Crippen molar-refractivity contribution in [2.75, 3.05) is 19.1 Å². The maximum Gasteiger partial charge on any atom is 0.420 e. The van der Waals surface area contributed by atoms with E-state index in [-0.39, 0.29) is 11.6 Å². The monoisotopic (exact) mass is 326 g/mol. The van der Waals surface area contributed by atoms with E-state index in [1.165, 1.54) is 14.2 Å². The molecule has 1 amide bonds. The highest BCUT2D eigenvalue weighted by atomic mass is 19.4. The number of nitrogens with zero attached hydrogens (tertiary/aromatic N) is 2. The van der Waals surface area contributed by atoms with Gasteiger partial charge in [0.2, 0.25) is 5.88 Å². The molecule has 0 N–H and O–H groups in total. The molecule has 8 heteroatoms. The first-order chi connectivity index (χ1) is 10.8. The zero-order valence-corrected chi connectivity index (χ0v) is 12.3. The van der Waals surface area contributed by atoms with Crippen LogP contribution in [0.2, 0.25) is 0 Å². The molecule has 0 unspecified atom stereocenters. The number of ether oxygens (including phenoxy) is 2. The molecule has 0 aliphatic heterocycles. The van der Waals surface area contributed by atoms with Gasteiger partial charge in [-0.15, -0.1) is 0 Å². The lowest BCUT2D eigenvalue weighted by Gasteiger charge is -2.16. The lowest BCUT2D eigenvalue weighted by molar-refractivity contribution is -0.137. The molecule has 0 bridgehead atoms. The van der Waals surface area contributed by atoms with Crippen LogP contribution in [0.15, 0.2) is 42.5 Å². The van der Waals surface area contributed by atoms with Crippen LogP contribution in [0.5, 0.6) is 11.6 Å². The van der Waals surface area contributed by atoms with Gasteiger partial charge in [0.25, 0.3) is 0 Å². The molecule has 5 nitrogen and oxygen atoms in total. The minimum absolute atomic E-state index is 0.00209. The predicted molar refractivity (Wildman–Crippen MR) is 76.7 cm³/mol. The number of amides is 1. The van der Waals surface area contributed by atoms with Crippen molar-refractivity contribution >= 4 is 11.9 Å². The SMILES string of the molecule is COc1cccc(N(C)C(=O)Oc2ccc(C(F)(F)F)cc2)n1. The van der Waals surface area contributed by atoms with E-state index in [0.717, 1.165) is 29.2 Å².